The van der Waals surface area contributed by atoms with Crippen molar-refractivity contribution >= 4 is 0 Å². The van der Waals surface area contributed by atoms with Crippen LogP contribution in [0, 0.1) is 11.3 Å². The molecule has 0 atom stereocenters. The monoisotopic (exact) mass is 216 g/mol. The number of nitrogens with zero attached hydrogens (tertiary/aromatic N) is 2. The van der Waals surface area contributed by atoms with E-state index in [-0.39, 0.29) is 5.41 Å². The molecule has 84 valence electrons. The highest BCUT2D eigenvalue weighted by molar-refractivity contribution is 5.48. The maximum atomic E-state index is 9.11. The molecule has 0 N–H and O–H groups in total. The smallest absolute Gasteiger partial charge is 0.143 e. The predicted molar refractivity (Wildman–Crippen MR) is 61.3 cm³/mol. The Morgan fingerprint density at radius 3 is 2.56 bits per heavy atom. The summed E-state index contributed by atoms with van der Waals surface area (Å²) in [6.07, 6.45) is 5.89. The van der Waals surface area contributed by atoms with E-state index in [1.807, 2.05) is 0 Å². The first kappa shape index (κ1) is 10.9. The van der Waals surface area contributed by atoms with Crippen LogP contribution in [0.5, 0.6) is 5.75 Å². The zero-order valence-corrected chi connectivity index (χ0v) is 9.95. The van der Waals surface area contributed by atoms with Crippen LogP contribution in [-0.4, -0.2) is 11.1 Å². The molecule has 2 rings (SSSR count). The van der Waals surface area contributed by atoms with E-state index in [1.54, 1.807) is 12.4 Å². The van der Waals surface area contributed by atoms with E-state index in [1.165, 1.54) is 0 Å². The van der Waals surface area contributed by atoms with Crippen LogP contribution in [-0.2, 0) is 5.41 Å². The van der Waals surface area contributed by atoms with Gasteiger partial charge in [-0.05, 0) is 18.3 Å². The van der Waals surface area contributed by atoms with Crippen molar-refractivity contribution in [1.29, 1.82) is 5.26 Å². The van der Waals surface area contributed by atoms with Crippen LogP contribution in [0.25, 0.3) is 0 Å². The zero-order chi connectivity index (χ0) is 11.8. The van der Waals surface area contributed by atoms with Gasteiger partial charge >= 0.3 is 0 Å². The summed E-state index contributed by atoms with van der Waals surface area (Å²) in [5.74, 6) is 0.772. The Kier molecular flexibility index (Phi) is 2.59. The number of pyridine rings is 1. The highest BCUT2D eigenvalue weighted by Crippen LogP contribution is 2.36. The first-order valence-corrected chi connectivity index (χ1v) is 5.57. The molecular formula is C13H16N2O. The molecule has 1 aromatic heterocycles. The highest BCUT2D eigenvalue weighted by Gasteiger charge is 2.29. The summed E-state index contributed by atoms with van der Waals surface area (Å²) >= 11 is 0. The average Bonchev–Trinajstić information content (AvgIpc) is 2.99. The number of ether oxygens (including phenoxy) is 1. The summed E-state index contributed by atoms with van der Waals surface area (Å²) < 4.78 is 5.81. The lowest BCUT2D eigenvalue weighted by molar-refractivity contribution is 0.293. The molecule has 1 saturated carbocycles. The van der Waals surface area contributed by atoms with Gasteiger partial charge in [0.15, 0.2) is 0 Å². The molecule has 1 aliphatic carbocycles. The minimum absolute atomic E-state index is 0.0990. The summed E-state index contributed by atoms with van der Waals surface area (Å²) in [5.41, 5.74) is 1.49. The molecule has 0 aromatic carbocycles. The molecule has 1 aliphatic rings. The Labute approximate surface area is 96.1 Å². The van der Waals surface area contributed by atoms with Gasteiger partial charge in [-0.1, -0.05) is 20.8 Å². The molecular weight excluding hydrogens is 200 g/mol. The zero-order valence-electron chi connectivity index (χ0n) is 9.95. The van der Waals surface area contributed by atoms with E-state index >= 15 is 0 Å². The molecule has 3 heteroatoms. The first-order valence-electron chi connectivity index (χ1n) is 5.57. The lowest BCUT2D eigenvalue weighted by atomic mass is 9.84. The standard InChI is InChI=1S/C13H16N2O/c1-13(2,3)12-9(6-14)7-15-8-11(12)16-10-4-5-10/h7-8,10H,4-5H2,1-3H3. The second-order valence-electron chi connectivity index (χ2n) is 5.24. The van der Waals surface area contributed by atoms with Crippen LogP contribution >= 0.6 is 0 Å². The molecule has 3 nitrogen and oxygen atoms in total. The third-order valence-electron chi connectivity index (χ3n) is 2.60. The van der Waals surface area contributed by atoms with E-state index in [0.717, 1.165) is 24.2 Å². The fourth-order valence-corrected chi connectivity index (χ4v) is 1.75. The number of nitriles is 1. The molecule has 16 heavy (non-hydrogen) atoms. The van der Waals surface area contributed by atoms with E-state index in [0.29, 0.717) is 11.7 Å². The van der Waals surface area contributed by atoms with Gasteiger partial charge in [0.2, 0.25) is 0 Å². The average molecular weight is 216 g/mol. The van der Waals surface area contributed by atoms with E-state index in [9.17, 15) is 0 Å². The van der Waals surface area contributed by atoms with Crippen molar-refractivity contribution in [2.75, 3.05) is 0 Å². The number of hydrogen-bond donors (Lipinski definition) is 0. The van der Waals surface area contributed by atoms with Crippen molar-refractivity contribution in [2.45, 2.75) is 45.1 Å². The molecule has 0 saturated heterocycles. The van der Waals surface area contributed by atoms with Gasteiger partial charge in [0, 0.05) is 11.8 Å². The van der Waals surface area contributed by atoms with Crippen molar-refractivity contribution in [2.24, 2.45) is 0 Å². The van der Waals surface area contributed by atoms with E-state index in [2.05, 4.69) is 31.8 Å². The Morgan fingerprint density at radius 2 is 2.06 bits per heavy atom. The molecule has 1 heterocycles. The van der Waals surface area contributed by atoms with Gasteiger partial charge in [0.1, 0.15) is 11.8 Å². The van der Waals surface area contributed by atoms with Crippen molar-refractivity contribution in [3.63, 3.8) is 0 Å². The second kappa shape index (κ2) is 3.79. The van der Waals surface area contributed by atoms with Gasteiger partial charge in [-0.3, -0.25) is 4.98 Å². The van der Waals surface area contributed by atoms with E-state index < -0.39 is 0 Å². The maximum Gasteiger partial charge on any atom is 0.143 e. The molecule has 1 aromatic rings. The molecule has 0 aliphatic heterocycles. The first-order chi connectivity index (χ1) is 7.52. The fourth-order valence-electron chi connectivity index (χ4n) is 1.75. The molecule has 1 fully saturated rings. The SMILES string of the molecule is CC(C)(C)c1c(C#N)cncc1OC1CC1. The summed E-state index contributed by atoms with van der Waals surface area (Å²) in [7, 11) is 0. The van der Waals surface area contributed by atoms with Crippen LogP contribution in [0.4, 0.5) is 0 Å². The Hall–Kier alpha value is -1.56. The largest absolute Gasteiger partial charge is 0.488 e. The summed E-state index contributed by atoms with van der Waals surface area (Å²) in [4.78, 5) is 4.06. The summed E-state index contributed by atoms with van der Waals surface area (Å²) in [5, 5.41) is 9.11. The van der Waals surface area contributed by atoms with Crippen LogP contribution in [0.3, 0.4) is 0 Å². The highest BCUT2D eigenvalue weighted by atomic mass is 16.5. The van der Waals surface area contributed by atoms with E-state index in [4.69, 9.17) is 10.00 Å². The third-order valence-corrected chi connectivity index (χ3v) is 2.60. The van der Waals surface area contributed by atoms with Crippen LogP contribution in [0.2, 0.25) is 0 Å². The lowest BCUT2D eigenvalue weighted by Crippen LogP contribution is -2.16. The topological polar surface area (TPSA) is 45.9 Å². The van der Waals surface area contributed by atoms with Gasteiger partial charge in [0.25, 0.3) is 0 Å². The molecule has 0 spiro atoms. The molecule has 0 radical (unpaired) electrons. The van der Waals surface area contributed by atoms with Gasteiger partial charge in [0.05, 0.1) is 17.9 Å². The fraction of sp³-hybridized carbons (Fsp3) is 0.538. The third kappa shape index (κ3) is 2.16. The maximum absolute atomic E-state index is 9.11. The molecule has 0 unspecified atom stereocenters. The number of hydrogen-bond acceptors (Lipinski definition) is 3. The summed E-state index contributed by atoms with van der Waals surface area (Å²) in [6.45, 7) is 6.26. The second-order valence-corrected chi connectivity index (χ2v) is 5.24. The quantitative estimate of drug-likeness (QED) is 0.763. The minimum Gasteiger partial charge on any atom is -0.488 e. The lowest BCUT2D eigenvalue weighted by Gasteiger charge is -2.23. The molecule has 0 amide bonds. The van der Waals surface area contributed by atoms with Crippen LogP contribution in [0.15, 0.2) is 12.4 Å². The normalized spacial score (nSPS) is 15.6. The van der Waals surface area contributed by atoms with Crippen molar-refractivity contribution in [1.82, 2.24) is 4.98 Å². The van der Waals surface area contributed by atoms with Gasteiger partial charge in [-0.25, -0.2) is 0 Å². The molecule has 0 bridgehead atoms. The van der Waals surface area contributed by atoms with Crippen molar-refractivity contribution in [3.8, 4) is 11.8 Å². The van der Waals surface area contributed by atoms with Crippen LogP contribution in [0.1, 0.15) is 44.7 Å². The van der Waals surface area contributed by atoms with Gasteiger partial charge < -0.3 is 4.74 Å². The Morgan fingerprint density at radius 1 is 1.38 bits per heavy atom. The Bertz CT molecular complexity index is 436. The minimum atomic E-state index is -0.0990. The van der Waals surface area contributed by atoms with Crippen LogP contribution < -0.4 is 4.74 Å². The summed E-state index contributed by atoms with van der Waals surface area (Å²) in [6, 6.07) is 2.19. The number of rotatable bonds is 2. The number of aromatic nitrogens is 1. The predicted octanol–water partition coefficient (Wildman–Crippen LogP) is 2.79. The Balaban J connectivity index is 2.46. The van der Waals surface area contributed by atoms with Crippen molar-refractivity contribution < 1.29 is 4.74 Å². The van der Waals surface area contributed by atoms with Crippen molar-refractivity contribution in [3.05, 3.63) is 23.5 Å². The van der Waals surface area contributed by atoms with Gasteiger partial charge in [-0.15, -0.1) is 0 Å². The van der Waals surface area contributed by atoms with Gasteiger partial charge in [-0.2, -0.15) is 5.26 Å².